The van der Waals surface area contributed by atoms with Gasteiger partial charge in [-0.05, 0) is 133 Å². The van der Waals surface area contributed by atoms with Crippen LogP contribution >= 0.6 is 0 Å². The monoisotopic (exact) mass is 822 g/mol. The molecule has 0 bridgehead atoms. The van der Waals surface area contributed by atoms with Gasteiger partial charge in [0.15, 0.2) is 0 Å². The van der Waals surface area contributed by atoms with Gasteiger partial charge in [-0.3, -0.25) is 4.90 Å². The first-order chi connectivity index (χ1) is 28.9. The molecule has 0 aromatic heterocycles. The summed E-state index contributed by atoms with van der Waals surface area (Å²) in [6, 6.07) is 38.8. The zero-order valence-corrected chi connectivity index (χ0v) is 37.6. The molecule has 0 radical (unpaired) electrons. The first-order valence-corrected chi connectivity index (χ1v) is 21.1. The van der Waals surface area contributed by atoms with Crippen molar-refractivity contribution in [3.05, 3.63) is 144 Å². The lowest BCUT2D eigenvalue weighted by Crippen LogP contribution is -2.51. The molecule has 8 heteroatoms. The standard InChI is InChI=1S/C28H31NO2.C25H31NO4/c1-20(21-10-6-5-7-11-21)31-17-16-23-19-28(2,3)29-26-15-14-22(18-25(23)26)24-12-8-9-13-27(24)30-4;1-16(27)20-15-25(5,6)26(23(28)30-24(2,3)4)21-13-12-17(14-19(20)21)18-10-8-9-11-22(18)29-7/h5-15,18-20,29H,16-17H2,1-4H3;8-16,27H,1-7H3. The van der Waals surface area contributed by atoms with Crippen LogP contribution in [0.1, 0.15) is 91.5 Å². The first kappa shape index (κ1) is 44.7. The van der Waals surface area contributed by atoms with Gasteiger partial charge in [-0.1, -0.05) is 91.0 Å². The van der Waals surface area contributed by atoms with Gasteiger partial charge in [0.2, 0.25) is 0 Å². The van der Waals surface area contributed by atoms with E-state index in [-0.39, 0.29) is 11.6 Å². The number of ether oxygens (including phenoxy) is 4. The highest BCUT2D eigenvalue weighted by atomic mass is 16.6. The molecule has 61 heavy (non-hydrogen) atoms. The molecule has 7 rings (SSSR count). The summed E-state index contributed by atoms with van der Waals surface area (Å²) < 4.78 is 23.0. The maximum Gasteiger partial charge on any atom is 0.415 e. The number of amides is 1. The second-order valence-corrected chi connectivity index (χ2v) is 17.8. The average molecular weight is 823 g/mol. The normalized spacial score (nSPS) is 15.9. The van der Waals surface area contributed by atoms with Crippen molar-refractivity contribution in [1.82, 2.24) is 0 Å². The number of nitrogens with one attached hydrogen (secondary N) is 1. The summed E-state index contributed by atoms with van der Waals surface area (Å²) in [5, 5.41) is 14.2. The lowest BCUT2D eigenvalue weighted by Gasteiger charge is -2.42. The molecule has 0 spiro atoms. The number of para-hydroxylation sites is 2. The molecule has 5 aromatic rings. The minimum atomic E-state index is -0.684. The summed E-state index contributed by atoms with van der Waals surface area (Å²) in [6.45, 7) is 18.4. The molecule has 0 saturated carbocycles. The third-order valence-corrected chi connectivity index (χ3v) is 10.9. The van der Waals surface area contributed by atoms with Crippen molar-refractivity contribution >= 4 is 28.6 Å². The lowest BCUT2D eigenvalue weighted by molar-refractivity contribution is 0.0555. The van der Waals surface area contributed by atoms with Crippen molar-refractivity contribution in [3.8, 4) is 33.8 Å². The van der Waals surface area contributed by atoms with E-state index in [1.54, 1.807) is 26.0 Å². The molecule has 2 aliphatic rings. The molecule has 2 aliphatic heterocycles. The van der Waals surface area contributed by atoms with Crippen LogP contribution < -0.4 is 19.7 Å². The van der Waals surface area contributed by atoms with Gasteiger partial charge in [-0.2, -0.15) is 0 Å². The Morgan fingerprint density at radius 1 is 0.721 bits per heavy atom. The number of aliphatic hydroxyl groups excluding tert-OH is 1. The van der Waals surface area contributed by atoms with E-state index in [0.29, 0.717) is 12.3 Å². The van der Waals surface area contributed by atoms with E-state index in [0.717, 1.165) is 57.0 Å². The van der Waals surface area contributed by atoms with E-state index in [1.165, 1.54) is 16.7 Å². The average Bonchev–Trinajstić information content (AvgIpc) is 3.22. The molecular formula is C53H62N2O6. The smallest absolute Gasteiger partial charge is 0.415 e. The predicted octanol–water partition coefficient (Wildman–Crippen LogP) is 12.8. The van der Waals surface area contributed by atoms with Gasteiger partial charge in [0.25, 0.3) is 0 Å². The van der Waals surface area contributed by atoms with Crippen molar-refractivity contribution in [3.63, 3.8) is 0 Å². The van der Waals surface area contributed by atoms with Crippen LogP contribution in [-0.2, 0) is 9.47 Å². The molecule has 2 unspecified atom stereocenters. The molecule has 8 nitrogen and oxygen atoms in total. The number of aliphatic hydroxyl groups is 1. The Bertz CT molecular complexity index is 2390. The summed E-state index contributed by atoms with van der Waals surface area (Å²) in [5.74, 6) is 1.65. The second-order valence-electron chi connectivity index (χ2n) is 17.8. The number of hydrogen-bond donors (Lipinski definition) is 2. The Labute approximate surface area is 362 Å². The zero-order valence-electron chi connectivity index (χ0n) is 37.6. The van der Waals surface area contributed by atoms with Gasteiger partial charge in [-0.15, -0.1) is 0 Å². The highest BCUT2D eigenvalue weighted by Crippen LogP contribution is 2.44. The van der Waals surface area contributed by atoms with Crippen LogP contribution in [0.4, 0.5) is 16.2 Å². The SMILES string of the molecule is COc1ccccc1-c1ccc2c(c1)C(C(C)O)=CC(C)(C)N2C(=O)OC(C)(C)C.COc1ccccc1-c1ccc2c(c1)C(CCOC(C)c1ccccc1)=CC(C)(C)N2. The molecular weight excluding hydrogens is 761 g/mol. The molecule has 2 heterocycles. The van der Waals surface area contributed by atoms with Gasteiger partial charge in [-0.25, -0.2) is 4.79 Å². The molecule has 320 valence electrons. The number of benzene rings is 5. The summed E-state index contributed by atoms with van der Waals surface area (Å²) in [5.41, 5.74) is 10.0. The Kier molecular flexibility index (Phi) is 13.5. The summed E-state index contributed by atoms with van der Waals surface area (Å²) in [6.07, 6.45) is 4.12. The minimum absolute atomic E-state index is 0.0795. The Morgan fingerprint density at radius 3 is 1.85 bits per heavy atom. The van der Waals surface area contributed by atoms with Crippen LogP contribution in [0.5, 0.6) is 11.5 Å². The van der Waals surface area contributed by atoms with Gasteiger partial charge in [0.05, 0.1) is 49.8 Å². The van der Waals surface area contributed by atoms with E-state index in [9.17, 15) is 9.90 Å². The predicted molar refractivity (Wildman–Crippen MR) is 250 cm³/mol. The lowest BCUT2D eigenvalue weighted by atomic mass is 9.85. The number of anilines is 2. The van der Waals surface area contributed by atoms with Crippen molar-refractivity contribution < 1.29 is 28.8 Å². The summed E-state index contributed by atoms with van der Waals surface area (Å²) in [4.78, 5) is 14.8. The first-order valence-electron chi connectivity index (χ1n) is 21.1. The molecule has 1 amide bonds. The number of fused-ring (bicyclic) bond motifs is 2. The van der Waals surface area contributed by atoms with E-state index >= 15 is 0 Å². The fraction of sp³-hybridized carbons (Fsp3) is 0.340. The molecule has 0 fully saturated rings. The number of carbonyl (C=O) groups excluding carboxylic acids is 1. The number of rotatable bonds is 10. The van der Waals surface area contributed by atoms with E-state index in [1.807, 2.05) is 107 Å². The maximum absolute atomic E-state index is 13.1. The van der Waals surface area contributed by atoms with Gasteiger partial charge in [0, 0.05) is 27.9 Å². The van der Waals surface area contributed by atoms with E-state index in [4.69, 9.17) is 18.9 Å². The Balaban J connectivity index is 0.000000204. The van der Waals surface area contributed by atoms with Crippen molar-refractivity contribution in [1.29, 1.82) is 0 Å². The fourth-order valence-corrected chi connectivity index (χ4v) is 8.07. The van der Waals surface area contributed by atoms with Crippen molar-refractivity contribution in [2.45, 2.75) is 97.6 Å². The number of carbonyl (C=O) groups is 1. The topological polar surface area (TPSA) is 89.5 Å². The van der Waals surface area contributed by atoms with Gasteiger partial charge < -0.3 is 29.4 Å². The van der Waals surface area contributed by atoms with Crippen LogP contribution in [0, 0.1) is 0 Å². The molecule has 2 N–H and O–H groups in total. The quantitative estimate of drug-likeness (QED) is 0.145. The Hall–Kier alpha value is -5.83. The highest BCUT2D eigenvalue weighted by Gasteiger charge is 2.40. The third kappa shape index (κ3) is 10.6. The van der Waals surface area contributed by atoms with Crippen molar-refractivity contribution in [2.75, 3.05) is 31.0 Å². The molecule has 0 saturated heterocycles. The summed E-state index contributed by atoms with van der Waals surface area (Å²) in [7, 11) is 3.36. The number of methoxy groups -OCH3 is 2. The zero-order chi connectivity index (χ0) is 44.1. The maximum atomic E-state index is 13.1. The van der Waals surface area contributed by atoms with Gasteiger partial charge in [0.1, 0.15) is 17.1 Å². The minimum Gasteiger partial charge on any atom is -0.496 e. The number of hydrogen-bond acceptors (Lipinski definition) is 7. The Morgan fingerprint density at radius 2 is 1.28 bits per heavy atom. The summed E-state index contributed by atoms with van der Waals surface area (Å²) >= 11 is 0. The van der Waals surface area contributed by atoms with E-state index in [2.05, 4.69) is 80.7 Å². The molecule has 2 atom stereocenters. The molecule has 0 aliphatic carbocycles. The highest BCUT2D eigenvalue weighted by molar-refractivity contribution is 5.99. The molecule has 5 aromatic carbocycles. The van der Waals surface area contributed by atoms with Crippen LogP contribution in [0.25, 0.3) is 33.4 Å². The van der Waals surface area contributed by atoms with Crippen LogP contribution in [0.3, 0.4) is 0 Å². The van der Waals surface area contributed by atoms with Crippen LogP contribution in [0.2, 0.25) is 0 Å². The van der Waals surface area contributed by atoms with E-state index < -0.39 is 23.3 Å². The van der Waals surface area contributed by atoms with Crippen LogP contribution in [0.15, 0.2) is 127 Å². The second kappa shape index (κ2) is 18.4. The largest absolute Gasteiger partial charge is 0.496 e. The fourth-order valence-electron chi connectivity index (χ4n) is 8.07. The van der Waals surface area contributed by atoms with Crippen LogP contribution in [-0.4, -0.2) is 54.8 Å². The number of nitrogens with zero attached hydrogens (tertiary/aromatic N) is 1. The van der Waals surface area contributed by atoms with Crippen molar-refractivity contribution in [2.24, 2.45) is 0 Å². The third-order valence-electron chi connectivity index (χ3n) is 10.9. The van der Waals surface area contributed by atoms with Gasteiger partial charge >= 0.3 is 6.09 Å².